The average Bonchev–Trinajstić information content (AvgIpc) is 2.39. The van der Waals surface area contributed by atoms with Crippen LogP contribution in [-0.4, -0.2) is 11.0 Å². The second-order valence-electron chi connectivity index (χ2n) is 3.75. The maximum absolute atomic E-state index is 11.7. The summed E-state index contributed by atoms with van der Waals surface area (Å²) in [4.78, 5) is 21.9. The fourth-order valence-corrected chi connectivity index (χ4v) is 1.67. The fourth-order valence-electron chi connectivity index (χ4n) is 1.50. The average molecular weight is 293 g/mol. The first-order chi connectivity index (χ1) is 9.56. The summed E-state index contributed by atoms with van der Waals surface area (Å²) in [6.45, 7) is 0. The lowest BCUT2D eigenvalue weighted by molar-refractivity contribution is -0.383. The van der Waals surface area contributed by atoms with Crippen LogP contribution in [0.3, 0.4) is 0 Å². The number of nitrogens with one attached hydrogen (secondary N) is 1. The molecule has 0 aromatic heterocycles. The molecular weight excluding hydrogens is 284 g/mol. The van der Waals surface area contributed by atoms with Gasteiger partial charge in [0.2, 0.25) is 0 Å². The molecule has 0 spiro atoms. The van der Waals surface area contributed by atoms with Gasteiger partial charge in [-0.15, -0.1) is 0 Å². The predicted molar refractivity (Wildman–Crippen MR) is 74.2 cm³/mol. The van der Waals surface area contributed by atoms with Crippen LogP contribution in [-0.2, 0) is 0 Å². The number of hydrogen-bond acceptors (Lipinski definition) is 4. The summed E-state index contributed by atoms with van der Waals surface area (Å²) < 4.78 is 4.98. The van der Waals surface area contributed by atoms with Gasteiger partial charge in [-0.2, -0.15) is 0 Å². The van der Waals surface area contributed by atoms with Gasteiger partial charge in [0.15, 0.2) is 0 Å². The molecule has 0 atom stereocenters. The zero-order valence-corrected chi connectivity index (χ0v) is 10.8. The van der Waals surface area contributed by atoms with E-state index >= 15 is 0 Å². The molecule has 2 aromatic carbocycles. The molecule has 7 heteroatoms. The summed E-state index contributed by atoms with van der Waals surface area (Å²) in [6, 6.07) is 12.2. The van der Waals surface area contributed by atoms with E-state index in [1.807, 2.05) is 0 Å². The Morgan fingerprint density at radius 1 is 1.20 bits per heavy atom. The van der Waals surface area contributed by atoms with Crippen LogP contribution < -0.4 is 10.1 Å². The minimum absolute atomic E-state index is 0.0246. The van der Waals surface area contributed by atoms with Crippen molar-refractivity contribution in [2.45, 2.75) is 0 Å². The lowest BCUT2D eigenvalue weighted by Gasteiger charge is -2.07. The number of anilines is 1. The third kappa shape index (κ3) is 3.46. The summed E-state index contributed by atoms with van der Waals surface area (Å²) in [5, 5.41) is 13.4. The minimum Gasteiger partial charge on any atom is -0.410 e. The van der Waals surface area contributed by atoms with E-state index in [0.717, 1.165) is 0 Å². The van der Waals surface area contributed by atoms with Crippen LogP contribution in [0.4, 0.5) is 16.2 Å². The molecule has 20 heavy (non-hydrogen) atoms. The van der Waals surface area contributed by atoms with Gasteiger partial charge in [0, 0.05) is 11.1 Å². The van der Waals surface area contributed by atoms with Crippen LogP contribution in [0.15, 0.2) is 48.5 Å². The van der Waals surface area contributed by atoms with E-state index in [9.17, 15) is 14.9 Å². The molecule has 1 amide bonds. The zero-order valence-electron chi connectivity index (χ0n) is 10.1. The number of nitrogens with zero attached hydrogens (tertiary/aromatic N) is 1. The molecule has 2 aromatic rings. The highest BCUT2D eigenvalue weighted by atomic mass is 35.5. The monoisotopic (exact) mass is 292 g/mol. The number of ether oxygens (including phenoxy) is 1. The number of amides is 1. The van der Waals surface area contributed by atoms with Crippen LogP contribution in [0.1, 0.15) is 0 Å². The molecule has 2 rings (SSSR count). The number of carbonyl (C=O) groups is 1. The van der Waals surface area contributed by atoms with Crippen molar-refractivity contribution < 1.29 is 14.5 Å². The van der Waals surface area contributed by atoms with Crippen molar-refractivity contribution in [1.29, 1.82) is 0 Å². The Morgan fingerprint density at radius 2 is 1.90 bits per heavy atom. The normalized spacial score (nSPS) is 9.85. The van der Waals surface area contributed by atoms with Crippen molar-refractivity contribution >= 4 is 29.1 Å². The Bertz CT molecular complexity index is 646. The molecule has 0 aliphatic heterocycles. The Hall–Kier alpha value is -2.60. The maximum atomic E-state index is 11.7. The molecule has 0 aliphatic rings. The summed E-state index contributed by atoms with van der Waals surface area (Å²) in [5.74, 6) is 0.328. The highest BCUT2D eigenvalue weighted by Gasteiger charge is 2.17. The lowest BCUT2D eigenvalue weighted by Crippen LogP contribution is -2.17. The zero-order chi connectivity index (χ0) is 14.5. The summed E-state index contributed by atoms with van der Waals surface area (Å²) in [5.41, 5.74) is -0.289. The van der Waals surface area contributed by atoms with E-state index < -0.39 is 11.0 Å². The summed E-state index contributed by atoms with van der Waals surface area (Å²) in [6.07, 6.45) is -0.832. The predicted octanol–water partition coefficient (Wildman–Crippen LogP) is 3.86. The Morgan fingerprint density at radius 3 is 2.55 bits per heavy atom. The molecule has 0 heterocycles. The third-order valence-corrected chi connectivity index (χ3v) is 2.58. The van der Waals surface area contributed by atoms with E-state index in [0.29, 0.717) is 5.75 Å². The van der Waals surface area contributed by atoms with Crippen LogP contribution in [0, 0.1) is 10.1 Å². The second-order valence-corrected chi connectivity index (χ2v) is 4.18. The standard InChI is InChI=1S/C13H9ClN2O4/c14-9-6-7-12(16(18)19)11(8-9)15-13(17)20-10-4-2-1-3-5-10/h1-8H,(H,15,17). The highest BCUT2D eigenvalue weighted by Crippen LogP contribution is 2.27. The van der Waals surface area contributed by atoms with Crippen molar-refractivity contribution in [2.24, 2.45) is 0 Å². The van der Waals surface area contributed by atoms with Crippen molar-refractivity contribution in [3.05, 3.63) is 63.7 Å². The van der Waals surface area contributed by atoms with Gasteiger partial charge in [0.25, 0.3) is 5.69 Å². The van der Waals surface area contributed by atoms with Gasteiger partial charge >= 0.3 is 6.09 Å². The maximum Gasteiger partial charge on any atom is 0.417 e. The smallest absolute Gasteiger partial charge is 0.410 e. The number of nitro benzene ring substituents is 1. The topological polar surface area (TPSA) is 81.5 Å². The molecule has 0 bridgehead atoms. The molecule has 6 nitrogen and oxygen atoms in total. The van der Waals surface area contributed by atoms with Crippen LogP contribution in [0.5, 0.6) is 5.75 Å². The highest BCUT2D eigenvalue weighted by molar-refractivity contribution is 6.31. The van der Waals surface area contributed by atoms with E-state index in [1.54, 1.807) is 30.3 Å². The number of hydrogen-bond donors (Lipinski definition) is 1. The third-order valence-electron chi connectivity index (χ3n) is 2.35. The van der Waals surface area contributed by atoms with E-state index in [-0.39, 0.29) is 16.4 Å². The largest absolute Gasteiger partial charge is 0.417 e. The Labute approximate surface area is 119 Å². The molecule has 0 saturated heterocycles. The minimum atomic E-state index is -0.832. The molecule has 0 fully saturated rings. The molecule has 0 unspecified atom stereocenters. The number of rotatable bonds is 3. The first-order valence-corrected chi connectivity index (χ1v) is 5.92. The van der Waals surface area contributed by atoms with Crippen molar-refractivity contribution in [2.75, 3.05) is 5.32 Å². The van der Waals surface area contributed by atoms with E-state index in [1.165, 1.54) is 18.2 Å². The molecular formula is C13H9ClN2O4. The first-order valence-electron chi connectivity index (χ1n) is 5.54. The number of para-hydroxylation sites is 1. The van der Waals surface area contributed by atoms with Crippen LogP contribution in [0.25, 0.3) is 0 Å². The Balaban J connectivity index is 2.15. The first kappa shape index (κ1) is 13.8. The van der Waals surface area contributed by atoms with Gasteiger partial charge < -0.3 is 4.74 Å². The number of halogens is 1. The van der Waals surface area contributed by atoms with Crippen LogP contribution >= 0.6 is 11.6 Å². The Kier molecular flexibility index (Phi) is 4.17. The number of nitro groups is 1. The van der Waals surface area contributed by atoms with Gasteiger partial charge in [-0.05, 0) is 24.3 Å². The number of carbonyl (C=O) groups excluding carboxylic acids is 1. The van der Waals surface area contributed by atoms with Gasteiger partial charge in [-0.1, -0.05) is 29.8 Å². The molecule has 0 saturated carbocycles. The fraction of sp³-hybridized carbons (Fsp3) is 0. The quantitative estimate of drug-likeness (QED) is 0.688. The molecule has 1 N–H and O–H groups in total. The second kappa shape index (κ2) is 6.03. The van der Waals surface area contributed by atoms with Crippen LogP contribution in [0.2, 0.25) is 5.02 Å². The van der Waals surface area contributed by atoms with Crippen molar-refractivity contribution in [3.8, 4) is 5.75 Å². The molecule has 0 radical (unpaired) electrons. The molecule has 102 valence electrons. The summed E-state index contributed by atoms with van der Waals surface area (Å²) in [7, 11) is 0. The SMILES string of the molecule is O=C(Nc1cc(Cl)ccc1[N+](=O)[O-])Oc1ccccc1. The van der Waals surface area contributed by atoms with E-state index in [4.69, 9.17) is 16.3 Å². The van der Waals surface area contributed by atoms with Gasteiger partial charge in [-0.3, -0.25) is 15.4 Å². The van der Waals surface area contributed by atoms with E-state index in [2.05, 4.69) is 5.32 Å². The van der Waals surface area contributed by atoms with Crippen molar-refractivity contribution in [1.82, 2.24) is 0 Å². The van der Waals surface area contributed by atoms with Crippen molar-refractivity contribution in [3.63, 3.8) is 0 Å². The van der Waals surface area contributed by atoms with Gasteiger partial charge in [-0.25, -0.2) is 4.79 Å². The lowest BCUT2D eigenvalue weighted by atomic mass is 10.2. The number of benzene rings is 2. The van der Waals surface area contributed by atoms with Gasteiger partial charge in [0.1, 0.15) is 11.4 Å². The summed E-state index contributed by atoms with van der Waals surface area (Å²) >= 11 is 5.75. The molecule has 0 aliphatic carbocycles. The van der Waals surface area contributed by atoms with Gasteiger partial charge in [0.05, 0.1) is 4.92 Å².